The van der Waals surface area contributed by atoms with Gasteiger partial charge < -0.3 is 24.3 Å². The van der Waals surface area contributed by atoms with Crippen molar-refractivity contribution in [3.63, 3.8) is 0 Å². The van der Waals surface area contributed by atoms with Crippen LogP contribution in [0.4, 0.5) is 5.82 Å². The maximum atomic E-state index is 12.8. The van der Waals surface area contributed by atoms with E-state index in [1.165, 1.54) is 24.0 Å². The van der Waals surface area contributed by atoms with Crippen LogP contribution in [0.2, 0.25) is 0 Å². The van der Waals surface area contributed by atoms with Crippen molar-refractivity contribution in [2.45, 2.75) is 20.4 Å². The van der Waals surface area contributed by atoms with Gasteiger partial charge in [-0.05, 0) is 38.1 Å². The zero-order valence-corrected chi connectivity index (χ0v) is 20.3. The topological polar surface area (TPSA) is 127 Å². The van der Waals surface area contributed by atoms with E-state index in [9.17, 15) is 9.59 Å². The first-order chi connectivity index (χ1) is 17.4. The lowest BCUT2D eigenvalue weighted by molar-refractivity contribution is -0.117. The summed E-state index contributed by atoms with van der Waals surface area (Å²) in [6.07, 6.45) is 4.64. The number of carbonyl (C=O) groups is 2. The van der Waals surface area contributed by atoms with Gasteiger partial charge in [-0.3, -0.25) is 19.3 Å². The molecule has 0 saturated heterocycles. The fourth-order valence-electron chi connectivity index (χ4n) is 3.48. The molecule has 4 aromatic rings. The molecule has 0 unspecified atom stereocenters. The van der Waals surface area contributed by atoms with Gasteiger partial charge in [0.15, 0.2) is 28.7 Å². The Kier molecular flexibility index (Phi) is 7.28. The molecule has 0 fully saturated rings. The highest BCUT2D eigenvalue weighted by molar-refractivity contribution is 6.04. The lowest BCUT2D eigenvalue weighted by Gasteiger charge is -2.12. The van der Waals surface area contributed by atoms with Gasteiger partial charge in [-0.15, -0.1) is 0 Å². The number of rotatable bonds is 10. The number of aromatic nitrogens is 4. The van der Waals surface area contributed by atoms with Gasteiger partial charge in [-0.1, -0.05) is 0 Å². The highest BCUT2D eigenvalue weighted by Crippen LogP contribution is 2.36. The molecule has 1 N–H and O–H groups in total. The monoisotopic (exact) mass is 491 g/mol. The number of fused-ring (bicyclic) bond motifs is 1. The molecular formula is C25H25N5O6. The first kappa shape index (κ1) is 24.5. The van der Waals surface area contributed by atoms with Gasteiger partial charge in [0.25, 0.3) is 5.91 Å². The summed E-state index contributed by atoms with van der Waals surface area (Å²) in [5.74, 6) is 2.10. The van der Waals surface area contributed by atoms with Crippen LogP contribution in [0.3, 0.4) is 0 Å². The minimum atomic E-state index is -0.511. The zero-order chi connectivity index (χ0) is 25.7. The van der Waals surface area contributed by atoms with Crippen LogP contribution in [0, 0.1) is 0 Å². The number of nitrogens with one attached hydrogen (secondary N) is 1. The van der Waals surface area contributed by atoms with Gasteiger partial charge >= 0.3 is 0 Å². The molecular weight excluding hydrogens is 466 g/mol. The highest BCUT2D eigenvalue weighted by atomic mass is 16.5. The Bertz CT molecular complexity index is 1400. The second-order valence-electron chi connectivity index (χ2n) is 7.64. The molecule has 0 spiro atoms. The standard InChI is InChI=1S/C25H25N5O6/c1-5-35-22-14-30(13-15(2)31)29-24(22)25(32)28-23-7-6-16(12-27-23)36-19-8-9-26-18-11-21(34-4)20(33-3)10-17(18)19/h6-12,14H,5,13H2,1-4H3,(H,27,28,32). The number of carbonyl (C=O) groups excluding carboxylic acids is 2. The van der Waals surface area contributed by atoms with E-state index in [0.717, 1.165) is 5.39 Å². The molecule has 0 saturated carbocycles. The number of nitrogens with zero attached hydrogens (tertiary/aromatic N) is 4. The van der Waals surface area contributed by atoms with E-state index in [-0.39, 0.29) is 23.8 Å². The summed E-state index contributed by atoms with van der Waals surface area (Å²) in [5, 5.41) is 7.59. The second kappa shape index (κ2) is 10.7. The molecule has 3 aromatic heterocycles. The molecule has 4 rings (SSSR count). The summed E-state index contributed by atoms with van der Waals surface area (Å²) in [5.41, 5.74) is 0.740. The van der Waals surface area contributed by atoms with Gasteiger partial charge in [0.05, 0.1) is 45.3 Å². The predicted octanol–water partition coefficient (Wildman–Crippen LogP) is 3.88. The number of ketones is 1. The van der Waals surface area contributed by atoms with Crippen LogP contribution in [0.5, 0.6) is 28.7 Å². The number of methoxy groups -OCH3 is 2. The fraction of sp³-hybridized carbons (Fsp3) is 0.240. The van der Waals surface area contributed by atoms with Gasteiger partial charge in [0.2, 0.25) is 0 Å². The Morgan fingerprint density at radius 1 is 1.00 bits per heavy atom. The average Bonchev–Trinajstić information content (AvgIpc) is 3.26. The van der Waals surface area contributed by atoms with Crippen molar-refractivity contribution in [3.8, 4) is 28.7 Å². The van der Waals surface area contributed by atoms with E-state index in [2.05, 4.69) is 20.4 Å². The Balaban J connectivity index is 1.51. The maximum Gasteiger partial charge on any atom is 0.281 e. The van der Waals surface area contributed by atoms with Crippen molar-refractivity contribution in [3.05, 3.63) is 54.6 Å². The Morgan fingerprint density at radius 2 is 1.78 bits per heavy atom. The van der Waals surface area contributed by atoms with Crippen LogP contribution in [0.1, 0.15) is 24.3 Å². The van der Waals surface area contributed by atoms with Crippen molar-refractivity contribution < 1.29 is 28.5 Å². The largest absolute Gasteiger partial charge is 0.493 e. The number of Topliss-reactive ketones (excluding diaryl/α,β-unsaturated/α-hetero) is 1. The van der Waals surface area contributed by atoms with Crippen molar-refractivity contribution in [2.24, 2.45) is 0 Å². The molecule has 11 nitrogen and oxygen atoms in total. The minimum absolute atomic E-state index is 0.0417. The molecule has 3 heterocycles. The molecule has 0 aliphatic rings. The lowest BCUT2D eigenvalue weighted by Crippen LogP contribution is -2.16. The minimum Gasteiger partial charge on any atom is -0.493 e. The van der Waals surface area contributed by atoms with Crippen molar-refractivity contribution in [1.29, 1.82) is 0 Å². The normalized spacial score (nSPS) is 10.7. The van der Waals surface area contributed by atoms with Crippen LogP contribution < -0.4 is 24.3 Å². The number of anilines is 1. The first-order valence-electron chi connectivity index (χ1n) is 11.1. The van der Waals surface area contributed by atoms with Crippen LogP contribution >= 0.6 is 0 Å². The molecule has 0 aliphatic heterocycles. The van der Waals surface area contributed by atoms with Gasteiger partial charge in [0.1, 0.15) is 17.3 Å². The van der Waals surface area contributed by atoms with Crippen molar-refractivity contribution in [1.82, 2.24) is 19.7 Å². The van der Waals surface area contributed by atoms with E-state index in [1.54, 1.807) is 57.7 Å². The molecule has 186 valence electrons. The third kappa shape index (κ3) is 5.35. The van der Waals surface area contributed by atoms with E-state index in [1.807, 2.05) is 0 Å². The molecule has 36 heavy (non-hydrogen) atoms. The number of hydrogen-bond donors (Lipinski definition) is 1. The zero-order valence-electron chi connectivity index (χ0n) is 20.3. The van der Waals surface area contributed by atoms with E-state index in [0.29, 0.717) is 40.9 Å². The predicted molar refractivity (Wildman–Crippen MR) is 131 cm³/mol. The summed E-state index contributed by atoms with van der Waals surface area (Å²) in [7, 11) is 3.12. The van der Waals surface area contributed by atoms with Gasteiger partial charge in [0, 0.05) is 17.6 Å². The summed E-state index contributed by atoms with van der Waals surface area (Å²) in [6, 6.07) is 8.57. The third-order valence-electron chi connectivity index (χ3n) is 5.04. The number of ether oxygens (including phenoxy) is 4. The molecule has 1 aromatic carbocycles. The van der Waals surface area contributed by atoms with Crippen LogP contribution in [-0.4, -0.2) is 52.3 Å². The lowest BCUT2D eigenvalue weighted by atomic mass is 10.2. The van der Waals surface area contributed by atoms with Crippen LogP contribution in [-0.2, 0) is 11.3 Å². The fourth-order valence-corrected chi connectivity index (χ4v) is 3.48. The SMILES string of the molecule is CCOc1cn(CC(C)=O)nc1C(=O)Nc1ccc(Oc2ccnc3cc(OC)c(OC)cc23)cn1. The molecule has 1 amide bonds. The van der Waals surface area contributed by atoms with Crippen LogP contribution in [0.15, 0.2) is 48.9 Å². The number of pyridine rings is 2. The quantitative estimate of drug-likeness (QED) is 0.352. The van der Waals surface area contributed by atoms with E-state index < -0.39 is 5.91 Å². The summed E-state index contributed by atoms with van der Waals surface area (Å²) in [4.78, 5) is 32.8. The maximum absolute atomic E-state index is 12.8. The highest BCUT2D eigenvalue weighted by Gasteiger charge is 2.19. The summed E-state index contributed by atoms with van der Waals surface area (Å²) < 4.78 is 23.6. The van der Waals surface area contributed by atoms with Gasteiger partial charge in [-0.25, -0.2) is 4.98 Å². The van der Waals surface area contributed by atoms with Gasteiger partial charge in [-0.2, -0.15) is 5.10 Å². The molecule has 0 aliphatic carbocycles. The Hall–Kier alpha value is -4.67. The first-order valence-corrected chi connectivity index (χ1v) is 11.1. The molecule has 0 radical (unpaired) electrons. The van der Waals surface area contributed by atoms with Crippen molar-refractivity contribution in [2.75, 3.05) is 26.1 Å². The molecule has 0 bridgehead atoms. The Labute approximate surface area is 207 Å². The second-order valence-corrected chi connectivity index (χ2v) is 7.64. The third-order valence-corrected chi connectivity index (χ3v) is 5.04. The number of amides is 1. The van der Waals surface area contributed by atoms with E-state index in [4.69, 9.17) is 18.9 Å². The number of hydrogen-bond acceptors (Lipinski definition) is 9. The van der Waals surface area contributed by atoms with Crippen molar-refractivity contribution >= 4 is 28.4 Å². The molecule has 11 heteroatoms. The summed E-state index contributed by atoms with van der Waals surface area (Å²) in [6.45, 7) is 3.62. The molecule has 0 atom stereocenters. The smallest absolute Gasteiger partial charge is 0.281 e. The average molecular weight is 492 g/mol. The van der Waals surface area contributed by atoms with Crippen LogP contribution in [0.25, 0.3) is 10.9 Å². The summed E-state index contributed by atoms with van der Waals surface area (Å²) >= 11 is 0. The Morgan fingerprint density at radius 3 is 2.44 bits per heavy atom. The van der Waals surface area contributed by atoms with E-state index >= 15 is 0 Å². The number of benzene rings is 1.